The predicted octanol–water partition coefficient (Wildman–Crippen LogP) is 3.33. The van der Waals surface area contributed by atoms with E-state index in [1.807, 2.05) is 25.1 Å². The summed E-state index contributed by atoms with van der Waals surface area (Å²) in [6, 6.07) is 5.68. The van der Waals surface area contributed by atoms with Crippen molar-refractivity contribution in [3.8, 4) is 0 Å². The summed E-state index contributed by atoms with van der Waals surface area (Å²) >= 11 is 0. The van der Waals surface area contributed by atoms with Crippen molar-refractivity contribution in [2.24, 2.45) is 0 Å². The molecular weight excluding hydrogens is 241 g/mol. The van der Waals surface area contributed by atoms with E-state index in [-0.39, 0.29) is 12.5 Å². The zero-order valence-corrected chi connectivity index (χ0v) is 10.5. The fraction of sp³-hybridized carbons (Fsp3) is 0.615. The lowest BCUT2D eigenvalue weighted by Gasteiger charge is -2.17. The number of nitrogens with one attached hydrogen (secondary N) is 1. The third-order valence-corrected chi connectivity index (χ3v) is 2.69. The molecule has 0 aliphatic heterocycles. The first-order valence-corrected chi connectivity index (χ1v) is 6.21. The van der Waals surface area contributed by atoms with Gasteiger partial charge in [0.2, 0.25) is 0 Å². The van der Waals surface area contributed by atoms with Crippen molar-refractivity contribution in [2.45, 2.75) is 44.8 Å². The first kappa shape index (κ1) is 15.0. The van der Waals surface area contributed by atoms with Crippen LogP contribution >= 0.6 is 0 Å². The van der Waals surface area contributed by atoms with Gasteiger partial charge in [0.25, 0.3) is 0 Å². The molecule has 1 rings (SSSR count). The van der Waals surface area contributed by atoms with Crippen LogP contribution in [0.1, 0.15) is 31.9 Å². The lowest BCUT2D eigenvalue weighted by Crippen LogP contribution is -2.31. The van der Waals surface area contributed by atoms with Crippen molar-refractivity contribution in [3.05, 3.63) is 30.1 Å². The van der Waals surface area contributed by atoms with E-state index < -0.39 is 12.6 Å². The van der Waals surface area contributed by atoms with E-state index >= 15 is 0 Å². The quantitative estimate of drug-likeness (QED) is 0.813. The third kappa shape index (κ3) is 6.59. The summed E-state index contributed by atoms with van der Waals surface area (Å²) in [6.45, 7) is 2.71. The number of likely N-dealkylation sites (N-methyl/N-ethyl adjacent to an activating group) is 1. The van der Waals surface area contributed by atoms with Crippen LogP contribution in [-0.2, 0) is 6.42 Å². The fourth-order valence-electron chi connectivity index (χ4n) is 1.89. The topological polar surface area (TPSA) is 24.9 Å². The molecule has 102 valence electrons. The molecule has 18 heavy (non-hydrogen) atoms. The van der Waals surface area contributed by atoms with Crippen molar-refractivity contribution in [3.63, 3.8) is 0 Å². The van der Waals surface area contributed by atoms with Crippen LogP contribution in [0.15, 0.2) is 24.4 Å². The second kappa shape index (κ2) is 7.36. The van der Waals surface area contributed by atoms with E-state index in [2.05, 4.69) is 10.3 Å². The Morgan fingerprint density at radius 3 is 2.67 bits per heavy atom. The fourth-order valence-corrected chi connectivity index (χ4v) is 1.89. The average molecular weight is 260 g/mol. The van der Waals surface area contributed by atoms with Crippen LogP contribution in [0.3, 0.4) is 0 Å². The molecule has 0 radical (unpaired) electrons. The monoisotopic (exact) mass is 260 g/mol. The van der Waals surface area contributed by atoms with Gasteiger partial charge in [-0.15, -0.1) is 0 Å². The van der Waals surface area contributed by atoms with Crippen LogP contribution < -0.4 is 5.32 Å². The molecule has 0 aromatic carbocycles. The number of hydrogen-bond acceptors (Lipinski definition) is 2. The highest BCUT2D eigenvalue weighted by atomic mass is 19.4. The van der Waals surface area contributed by atoms with Gasteiger partial charge in [-0.3, -0.25) is 4.98 Å². The number of alkyl halides is 3. The minimum absolute atomic E-state index is 0.0623. The molecule has 1 N–H and O–H groups in total. The Balaban J connectivity index is 2.40. The van der Waals surface area contributed by atoms with Crippen LogP contribution in [0.5, 0.6) is 0 Å². The van der Waals surface area contributed by atoms with Gasteiger partial charge in [0.1, 0.15) is 0 Å². The Kier molecular flexibility index (Phi) is 6.12. The molecule has 0 spiro atoms. The minimum atomic E-state index is -4.05. The number of nitrogens with zero attached hydrogens (tertiary/aromatic N) is 1. The van der Waals surface area contributed by atoms with Gasteiger partial charge in [0, 0.05) is 30.8 Å². The maximum absolute atomic E-state index is 12.1. The molecule has 0 saturated heterocycles. The standard InChI is InChI=1S/C13H19F3N2/c1-2-17-11(7-5-8-13(14,15)16)10-12-6-3-4-9-18-12/h3-4,6,9,11,17H,2,5,7-8,10H2,1H3. The van der Waals surface area contributed by atoms with Crippen molar-refractivity contribution in [1.82, 2.24) is 10.3 Å². The molecule has 5 heteroatoms. The number of rotatable bonds is 7. The summed E-state index contributed by atoms with van der Waals surface area (Å²) in [5.74, 6) is 0. The molecule has 0 fully saturated rings. The summed E-state index contributed by atoms with van der Waals surface area (Å²) in [4.78, 5) is 4.20. The summed E-state index contributed by atoms with van der Waals surface area (Å²) in [5.41, 5.74) is 0.912. The molecular formula is C13H19F3N2. The van der Waals surface area contributed by atoms with Gasteiger partial charge >= 0.3 is 6.18 Å². The highest BCUT2D eigenvalue weighted by Gasteiger charge is 2.26. The summed E-state index contributed by atoms with van der Waals surface area (Å²) < 4.78 is 36.3. The van der Waals surface area contributed by atoms with E-state index in [0.29, 0.717) is 12.8 Å². The van der Waals surface area contributed by atoms with Crippen LogP contribution in [-0.4, -0.2) is 23.7 Å². The molecule has 0 aliphatic carbocycles. The largest absolute Gasteiger partial charge is 0.389 e. The first-order valence-electron chi connectivity index (χ1n) is 6.21. The van der Waals surface area contributed by atoms with Gasteiger partial charge in [0.05, 0.1) is 0 Å². The van der Waals surface area contributed by atoms with E-state index in [0.717, 1.165) is 12.2 Å². The highest BCUT2D eigenvalue weighted by Crippen LogP contribution is 2.23. The highest BCUT2D eigenvalue weighted by molar-refractivity contribution is 5.05. The Morgan fingerprint density at radius 2 is 2.11 bits per heavy atom. The van der Waals surface area contributed by atoms with Gasteiger partial charge < -0.3 is 5.32 Å². The van der Waals surface area contributed by atoms with E-state index in [9.17, 15) is 13.2 Å². The zero-order chi connectivity index (χ0) is 13.4. The number of aromatic nitrogens is 1. The normalized spacial score (nSPS) is 13.6. The zero-order valence-electron chi connectivity index (χ0n) is 10.5. The average Bonchev–Trinajstić information content (AvgIpc) is 2.29. The molecule has 0 saturated carbocycles. The molecule has 0 bridgehead atoms. The number of halogens is 3. The summed E-state index contributed by atoms with van der Waals surface area (Å²) in [6.07, 6.45) is -1.71. The summed E-state index contributed by atoms with van der Waals surface area (Å²) in [7, 11) is 0. The molecule has 2 nitrogen and oxygen atoms in total. The van der Waals surface area contributed by atoms with Gasteiger partial charge in [-0.1, -0.05) is 13.0 Å². The van der Waals surface area contributed by atoms with Crippen molar-refractivity contribution in [2.75, 3.05) is 6.54 Å². The number of pyridine rings is 1. The molecule has 0 aliphatic rings. The van der Waals surface area contributed by atoms with Crippen molar-refractivity contribution >= 4 is 0 Å². The van der Waals surface area contributed by atoms with Crippen molar-refractivity contribution in [1.29, 1.82) is 0 Å². The maximum atomic E-state index is 12.1. The maximum Gasteiger partial charge on any atom is 0.389 e. The van der Waals surface area contributed by atoms with Crippen molar-refractivity contribution < 1.29 is 13.2 Å². The predicted molar refractivity (Wildman–Crippen MR) is 65.3 cm³/mol. The number of hydrogen-bond donors (Lipinski definition) is 1. The van der Waals surface area contributed by atoms with E-state index in [4.69, 9.17) is 0 Å². The lowest BCUT2D eigenvalue weighted by molar-refractivity contribution is -0.135. The second-order valence-corrected chi connectivity index (χ2v) is 4.29. The van der Waals surface area contributed by atoms with Gasteiger partial charge in [-0.2, -0.15) is 13.2 Å². The molecule has 1 aromatic heterocycles. The Labute approximate surface area is 106 Å². The molecule has 1 unspecified atom stereocenters. The smallest absolute Gasteiger partial charge is 0.314 e. The molecule has 1 heterocycles. The van der Waals surface area contributed by atoms with Gasteiger partial charge in [0.15, 0.2) is 0 Å². The second-order valence-electron chi connectivity index (χ2n) is 4.29. The van der Waals surface area contributed by atoms with Crippen LogP contribution in [0, 0.1) is 0 Å². The third-order valence-electron chi connectivity index (χ3n) is 2.69. The first-order chi connectivity index (χ1) is 8.51. The van der Waals surface area contributed by atoms with E-state index in [1.165, 1.54) is 0 Å². The van der Waals surface area contributed by atoms with Crippen LogP contribution in [0.25, 0.3) is 0 Å². The molecule has 1 aromatic rings. The SMILES string of the molecule is CCNC(CCCC(F)(F)F)Cc1ccccn1. The Hall–Kier alpha value is -1.10. The van der Waals surface area contributed by atoms with E-state index in [1.54, 1.807) is 6.20 Å². The summed E-state index contributed by atoms with van der Waals surface area (Å²) in [5, 5.41) is 3.21. The lowest BCUT2D eigenvalue weighted by atomic mass is 10.0. The van der Waals surface area contributed by atoms with Gasteiger partial charge in [-0.05, 0) is 31.5 Å². The van der Waals surface area contributed by atoms with Gasteiger partial charge in [-0.25, -0.2) is 0 Å². The van der Waals surface area contributed by atoms with Crippen LogP contribution in [0.2, 0.25) is 0 Å². The molecule has 1 atom stereocenters. The molecule has 0 amide bonds. The minimum Gasteiger partial charge on any atom is -0.314 e. The van der Waals surface area contributed by atoms with Crippen LogP contribution in [0.4, 0.5) is 13.2 Å². The Bertz CT molecular complexity index is 325. The Morgan fingerprint density at radius 1 is 1.33 bits per heavy atom.